The fourth-order valence-electron chi connectivity index (χ4n) is 2.90. The molecule has 0 aromatic carbocycles. The summed E-state index contributed by atoms with van der Waals surface area (Å²) in [5, 5.41) is 12.7. The molecule has 0 amide bonds. The Morgan fingerprint density at radius 2 is 1.97 bits per heavy atom. The topological polar surface area (TPSA) is 96.5 Å². The molecule has 3 aromatic rings. The van der Waals surface area contributed by atoms with Gasteiger partial charge in [0.1, 0.15) is 11.9 Å². The molecule has 0 radical (unpaired) electrons. The summed E-state index contributed by atoms with van der Waals surface area (Å²) in [6.07, 6.45) is 13.4. The van der Waals surface area contributed by atoms with E-state index in [1.807, 2.05) is 18.2 Å². The molecule has 9 heteroatoms. The van der Waals surface area contributed by atoms with Crippen LogP contribution >= 0.6 is 11.6 Å². The van der Waals surface area contributed by atoms with Crippen LogP contribution in [0.3, 0.4) is 0 Å². The molecule has 3 heterocycles. The third kappa shape index (κ3) is 6.94. The van der Waals surface area contributed by atoms with Gasteiger partial charge in [0.05, 0.1) is 22.6 Å². The maximum atomic E-state index is 11.9. The van der Waals surface area contributed by atoms with E-state index in [1.54, 1.807) is 6.20 Å². The summed E-state index contributed by atoms with van der Waals surface area (Å²) in [4.78, 5) is 23.4. The summed E-state index contributed by atoms with van der Waals surface area (Å²) in [5.74, 6) is 0.829. The number of hydrogen-bond acceptors (Lipinski definition) is 6. The van der Waals surface area contributed by atoms with Crippen LogP contribution in [0.15, 0.2) is 53.8 Å². The average molecular weight is 417 g/mol. The minimum absolute atomic E-state index is 0. The molecule has 0 bridgehead atoms. The molecule has 29 heavy (non-hydrogen) atoms. The van der Waals surface area contributed by atoms with Gasteiger partial charge in [0, 0.05) is 18.3 Å². The first kappa shape index (κ1) is 23.0. The van der Waals surface area contributed by atoms with Crippen LogP contribution in [0.4, 0.5) is 5.82 Å². The molecule has 0 spiro atoms. The van der Waals surface area contributed by atoms with Gasteiger partial charge in [-0.15, -0.1) is 6.20 Å². The van der Waals surface area contributed by atoms with Crippen molar-refractivity contribution < 1.29 is 29.6 Å². The fraction of sp³-hybridized carbons (Fsp3) is 0.250. The minimum atomic E-state index is -0.174. The Morgan fingerprint density at radius 3 is 2.52 bits per heavy atom. The van der Waals surface area contributed by atoms with Crippen LogP contribution in [0, 0.1) is 17.5 Å². The van der Waals surface area contributed by atoms with Crippen LogP contribution in [-0.2, 0) is 0 Å². The number of halogens is 1. The van der Waals surface area contributed by atoms with Crippen molar-refractivity contribution in [3.63, 3.8) is 0 Å². The maximum Gasteiger partial charge on any atom is 1.00 e. The molecular weight excluding hydrogens is 399 g/mol. The molecule has 7 nitrogen and oxygen atoms in total. The van der Waals surface area contributed by atoms with Crippen molar-refractivity contribution in [3.8, 4) is 11.8 Å². The van der Waals surface area contributed by atoms with Crippen molar-refractivity contribution in [2.45, 2.75) is 31.7 Å². The Balaban J connectivity index is 0.000000319. The quantitative estimate of drug-likeness (QED) is 0.490. The van der Waals surface area contributed by atoms with Gasteiger partial charge in [0.25, 0.3) is 5.56 Å². The Labute approximate surface area is 196 Å². The Bertz CT molecular complexity index is 998. The SMILES string of the molecule is Clc1cn[c-]cn1.N#Cc1ccc(=O)n(-c2ccc(NC3CCCC3)nc2)c1.[Na+]. The molecule has 1 aliphatic rings. The maximum absolute atomic E-state index is 11.9. The van der Waals surface area contributed by atoms with Gasteiger partial charge >= 0.3 is 29.6 Å². The largest absolute Gasteiger partial charge is 1.00 e. The Kier molecular flexibility index (Phi) is 9.29. The van der Waals surface area contributed by atoms with Gasteiger partial charge in [0.15, 0.2) is 0 Å². The van der Waals surface area contributed by atoms with Crippen molar-refractivity contribution in [2.24, 2.45) is 0 Å². The van der Waals surface area contributed by atoms with Crippen molar-refractivity contribution in [2.75, 3.05) is 5.32 Å². The van der Waals surface area contributed by atoms with E-state index < -0.39 is 0 Å². The van der Waals surface area contributed by atoms with Crippen molar-refractivity contribution in [3.05, 3.63) is 76.3 Å². The van der Waals surface area contributed by atoms with Crippen LogP contribution in [0.5, 0.6) is 0 Å². The summed E-state index contributed by atoms with van der Waals surface area (Å²) in [7, 11) is 0. The third-order valence-electron chi connectivity index (χ3n) is 4.26. The molecule has 1 fully saturated rings. The van der Waals surface area contributed by atoms with Gasteiger partial charge in [-0.3, -0.25) is 14.3 Å². The molecule has 3 aromatic heterocycles. The predicted octanol–water partition coefficient (Wildman–Crippen LogP) is 0.393. The van der Waals surface area contributed by atoms with Gasteiger partial charge in [-0.2, -0.15) is 5.26 Å². The first-order valence-electron chi connectivity index (χ1n) is 8.85. The zero-order valence-corrected chi connectivity index (χ0v) is 18.8. The summed E-state index contributed by atoms with van der Waals surface area (Å²) in [5.41, 5.74) is 0.934. The molecule has 0 aliphatic heterocycles. The average Bonchev–Trinajstić information content (AvgIpc) is 3.23. The zero-order valence-electron chi connectivity index (χ0n) is 16.0. The van der Waals surface area contributed by atoms with E-state index in [1.165, 1.54) is 61.0 Å². The molecular formula is C20H18ClN6NaO. The number of hydrogen-bond donors (Lipinski definition) is 1. The Morgan fingerprint density at radius 1 is 1.17 bits per heavy atom. The second kappa shape index (κ2) is 11.7. The summed E-state index contributed by atoms with van der Waals surface area (Å²) >= 11 is 5.35. The van der Waals surface area contributed by atoms with Crippen LogP contribution in [0.2, 0.25) is 5.15 Å². The van der Waals surface area contributed by atoms with Crippen molar-refractivity contribution in [1.82, 2.24) is 19.5 Å². The standard InChI is InChI=1S/C16H16N4O.C4H2ClN2.Na/c17-9-12-5-8-16(21)20(11-12)14-6-7-15(18-10-14)19-13-3-1-2-4-13;5-4-3-6-1-2-7-4;/h5-8,10-11,13H,1-4H2,(H,18,19);2-3H;/q;-1;+1. The van der Waals surface area contributed by atoms with E-state index >= 15 is 0 Å². The first-order valence-corrected chi connectivity index (χ1v) is 9.23. The number of nitrogens with one attached hydrogen (secondary N) is 1. The number of anilines is 1. The van der Waals surface area contributed by atoms with Crippen LogP contribution in [-0.4, -0.2) is 25.6 Å². The smallest absolute Gasteiger partial charge is 0.455 e. The van der Waals surface area contributed by atoms with E-state index in [2.05, 4.69) is 26.5 Å². The first-order chi connectivity index (χ1) is 13.7. The molecule has 0 atom stereocenters. The fourth-order valence-corrected chi connectivity index (χ4v) is 2.99. The number of aromatic nitrogens is 4. The molecule has 1 N–H and O–H groups in total. The van der Waals surface area contributed by atoms with E-state index in [-0.39, 0.29) is 35.1 Å². The van der Waals surface area contributed by atoms with Gasteiger partial charge in [-0.05, 0) is 37.2 Å². The number of rotatable bonds is 3. The van der Waals surface area contributed by atoms with Crippen LogP contribution in [0.25, 0.3) is 5.69 Å². The van der Waals surface area contributed by atoms with Crippen LogP contribution < -0.4 is 40.4 Å². The van der Waals surface area contributed by atoms with E-state index in [4.69, 9.17) is 16.9 Å². The number of pyridine rings is 2. The second-order valence-electron chi connectivity index (χ2n) is 6.23. The number of nitriles is 1. The van der Waals surface area contributed by atoms with Gasteiger partial charge in [0.2, 0.25) is 0 Å². The van der Waals surface area contributed by atoms with E-state index in [0.29, 0.717) is 22.4 Å². The van der Waals surface area contributed by atoms with E-state index in [0.717, 1.165) is 5.82 Å². The van der Waals surface area contributed by atoms with E-state index in [9.17, 15) is 4.79 Å². The minimum Gasteiger partial charge on any atom is -0.455 e. The molecule has 4 rings (SSSR count). The molecule has 1 saturated carbocycles. The predicted molar refractivity (Wildman–Crippen MR) is 106 cm³/mol. The molecule has 0 saturated heterocycles. The monoisotopic (exact) mass is 416 g/mol. The molecule has 1 aliphatic carbocycles. The summed E-state index contributed by atoms with van der Waals surface area (Å²) in [6, 6.07) is 9.16. The second-order valence-corrected chi connectivity index (χ2v) is 6.62. The molecule has 142 valence electrons. The van der Waals surface area contributed by atoms with Crippen LogP contribution in [0.1, 0.15) is 31.2 Å². The third-order valence-corrected chi connectivity index (χ3v) is 4.46. The molecule has 0 unspecified atom stereocenters. The number of nitrogens with zero attached hydrogens (tertiary/aromatic N) is 5. The normalized spacial score (nSPS) is 12.8. The van der Waals surface area contributed by atoms with Gasteiger partial charge in [-0.25, -0.2) is 4.98 Å². The van der Waals surface area contributed by atoms with Gasteiger partial charge in [-0.1, -0.05) is 30.6 Å². The van der Waals surface area contributed by atoms with Gasteiger partial charge < -0.3 is 10.3 Å². The summed E-state index contributed by atoms with van der Waals surface area (Å²) < 4.78 is 1.44. The van der Waals surface area contributed by atoms with Crippen molar-refractivity contribution in [1.29, 1.82) is 5.26 Å². The van der Waals surface area contributed by atoms with Crippen molar-refractivity contribution >= 4 is 17.4 Å². The summed E-state index contributed by atoms with van der Waals surface area (Å²) in [6.45, 7) is 0. The zero-order chi connectivity index (χ0) is 19.8. The Hall–Kier alpha value is -2.24.